The first-order valence-corrected chi connectivity index (χ1v) is 6.25. The van der Waals surface area contributed by atoms with Crippen LogP contribution in [0.2, 0.25) is 0 Å². The van der Waals surface area contributed by atoms with Crippen LogP contribution in [0.3, 0.4) is 0 Å². The van der Waals surface area contributed by atoms with E-state index in [0.29, 0.717) is 10.7 Å². The fourth-order valence-electron chi connectivity index (χ4n) is 1.64. The van der Waals surface area contributed by atoms with Crippen LogP contribution in [0.1, 0.15) is 10.7 Å². The summed E-state index contributed by atoms with van der Waals surface area (Å²) in [6.07, 6.45) is 1.22. The normalized spacial score (nSPS) is 11.1. The molecule has 0 aliphatic rings. The molecule has 0 fully saturated rings. The summed E-state index contributed by atoms with van der Waals surface area (Å²) in [5.41, 5.74) is 0.141. The van der Waals surface area contributed by atoms with E-state index in [-0.39, 0.29) is 12.1 Å². The molecule has 0 radical (unpaired) electrons. The van der Waals surface area contributed by atoms with E-state index in [2.05, 4.69) is 20.2 Å². The molecule has 0 unspecified atom stereocenters. The van der Waals surface area contributed by atoms with Gasteiger partial charge in [-0.15, -0.1) is 0 Å². The fraction of sp³-hybridized carbons (Fsp3) is 0.222. The highest BCUT2D eigenvalue weighted by atomic mass is 32.1. The lowest BCUT2D eigenvalue weighted by molar-refractivity contribution is -0.394. The number of rotatable bonds is 3. The predicted octanol–water partition coefficient (Wildman–Crippen LogP) is 0.00742. The minimum atomic E-state index is -0.686. The first kappa shape index (κ1) is 12.3. The van der Waals surface area contributed by atoms with E-state index in [1.807, 2.05) is 0 Å². The average Bonchev–Trinajstić information content (AvgIpc) is 2.95. The molecule has 0 spiro atoms. The largest absolute Gasteiger partial charge is 0.490 e. The number of fused-ring (bicyclic) bond motifs is 1. The van der Waals surface area contributed by atoms with Gasteiger partial charge in [0.25, 0.3) is 5.56 Å². The third-order valence-electron chi connectivity index (χ3n) is 2.41. The Bertz CT molecular complexity index is 864. The van der Waals surface area contributed by atoms with Gasteiger partial charge in [-0.3, -0.25) is 4.79 Å². The van der Waals surface area contributed by atoms with Crippen molar-refractivity contribution in [3.05, 3.63) is 43.6 Å². The third kappa shape index (κ3) is 2.14. The molecule has 0 aliphatic heterocycles. The summed E-state index contributed by atoms with van der Waals surface area (Å²) in [7, 11) is 0. The highest BCUT2D eigenvalue weighted by molar-refractivity contribution is 7.16. The minimum absolute atomic E-state index is 0.128. The van der Waals surface area contributed by atoms with Gasteiger partial charge in [-0.1, -0.05) is 16.3 Å². The van der Waals surface area contributed by atoms with Crippen molar-refractivity contribution in [2.75, 3.05) is 0 Å². The molecule has 0 atom stereocenters. The highest BCUT2D eigenvalue weighted by Gasteiger charge is 2.14. The van der Waals surface area contributed by atoms with E-state index in [9.17, 15) is 14.9 Å². The summed E-state index contributed by atoms with van der Waals surface area (Å²) in [5.74, 6) is -0.489. The van der Waals surface area contributed by atoms with Crippen molar-refractivity contribution < 1.29 is 4.92 Å². The molecule has 3 heterocycles. The van der Waals surface area contributed by atoms with Gasteiger partial charge < -0.3 is 10.1 Å². The Hall–Kier alpha value is -2.69. The second-order valence-corrected chi connectivity index (χ2v) is 5.06. The summed E-state index contributed by atoms with van der Waals surface area (Å²) in [4.78, 5) is 29.9. The Kier molecular flexibility index (Phi) is 2.75. The van der Waals surface area contributed by atoms with Crippen molar-refractivity contribution in [2.24, 2.45) is 0 Å². The minimum Gasteiger partial charge on any atom is -0.390 e. The van der Waals surface area contributed by atoms with E-state index < -0.39 is 10.9 Å². The molecule has 20 heavy (non-hydrogen) atoms. The lowest BCUT2D eigenvalue weighted by Gasteiger charge is -1.97. The highest BCUT2D eigenvalue weighted by Crippen LogP contribution is 2.10. The smallest absolute Gasteiger partial charge is 0.390 e. The van der Waals surface area contributed by atoms with Gasteiger partial charge in [-0.25, -0.2) is 4.98 Å². The maximum atomic E-state index is 11.8. The van der Waals surface area contributed by atoms with E-state index in [0.717, 1.165) is 5.01 Å². The summed E-state index contributed by atoms with van der Waals surface area (Å²) in [6, 6.07) is 1.32. The molecule has 0 aliphatic carbocycles. The summed E-state index contributed by atoms with van der Waals surface area (Å²) in [5, 5.41) is 18.9. The lowest BCUT2D eigenvalue weighted by atomic mass is 10.4. The second-order valence-electron chi connectivity index (χ2n) is 3.90. The summed E-state index contributed by atoms with van der Waals surface area (Å²) in [6.45, 7) is 1.91. The Morgan fingerprint density at radius 3 is 2.95 bits per heavy atom. The van der Waals surface area contributed by atoms with Gasteiger partial charge in [-0.05, 0) is 11.8 Å². The molecule has 0 aromatic carbocycles. The molecule has 0 N–H and O–H groups in total. The lowest BCUT2D eigenvalue weighted by Crippen LogP contribution is -2.16. The molecule has 3 rings (SSSR count). The molecule has 11 heteroatoms. The van der Waals surface area contributed by atoms with Crippen molar-refractivity contribution in [3.8, 4) is 0 Å². The predicted molar refractivity (Wildman–Crippen MR) is 67.6 cm³/mol. The average molecular weight is 293 g/mol. The van der Waals surface area contributed by atoms with Crippen LogP contribution in [0, 0.1) is 17.0 Å². The molecule has 0 saturated carbocycles. The van der Waals surface area contributed by atoms with Crippen LogP contribution in [0.25, 0.3) is 4.96 Å². The number of hydrogen-bond donors (Lipinski definition) is 0. The van der Waals surface area contributed by atoms with Crippen LogP contribution in [-0.4, -0.2) is 34.3 Å². The van der Waals surface area contributed by atoms with Crippen LogP contribution in [0.15, 0.2) is 17.2 Å². The topological polar surface area (TPSA) is 121 Å². The van der Waals surface area contributed by atoms with Crippen LogP contribution >= 0.6 is 11.3 Å². The third-order valence-corrected chi connectivity index (χ3v) is 3.23. The van der Waals surface area contributed by atoms with Crippen molar-refractivity contribution in [1.82, 2.24) is 29.4 Å². The molecule has 0 amide bonds. The molecular weight excluding hydrogens is 286 g/mol. The van der Waals surface area contributed by atoms with E-state index in [1.165, 1.54) is 32.9 Å². The first-order valence-electron chi connectivity index (χ1n) is 5.43. The first-order chi connectivity index (χ1) is 9.52. The SMILES string of the molecule is Cc1nn2c(=O)cc(Cn3cnc([N+](=O)[O-])n3)nc2s1. The summed E-state index contributed by atoms with van der Waals surface area (Å²) < 4.78 is 2.47. The maximum Gasteiger partial charge on any atom is 0.490 e. The van der Waals surface area contributed by atoms with Crippen LogP contribution in [-0.2, 0) is 6.54 Å². The number of nitro groups is 1. The Balaban J connectivity index is 1.97. The van der Waals surface area contributed by atoms with E-state index in [4.69, 9.17) is 0 Å². The molecule has 0 saturated heterocycles. The van der Waals surface area contributed by atoms with Gasteiger partial charge in [-0.2, -0.15) is 14.3 Å². The zero-order valence-electron chi connectivity index (χ0n) is 10.1. The van der Waals surface area contributed by atoms with E-state index in [1.54, 1.807) is 6.92 Å². The number of hydrogen-bond acceptors (Lipinski definition) is 8. The quantitative estimate of drug-likeness (QED) is 0.492. The fourth-order valence-corrected chi connectivity index (χ4v) is 2.41. The zero-order chi connectivity index (χ0) is 14.3. The number of aryl methyl sites for hydroxylation is 1. The number of aromatic nitrogens is 6. The van der Waals surface area contributed by atoms with Crippen molar-refractivity contribution >= 4 is 22.2 Å². The second kappa shape index (κ2) is 4.45. The van der Waals surface area contributed by atoms with Gasteiger partial charge in [0.15, 0.2) is 0 Å². The van der Waals surface area contributed by atoms with Gasteiger partial charge in [0.2, 0.25) is 11.3 Å². The standard InChI is InChI=1S/C9H7N7O3S/c1-5-12-15-7(17)2-6(11-9(15)20-5)3-14-4-10-8(13-14)16(18)19/h2,4H,3H2,1H3. The monoisotopic (exact) mass is 293 g/mol. The molecule has 102 valence electrons. The molecule has 0 bridgehead atoms. The maximum absolute atomic E-state index is 11.8. The van der Waals surface area contributed by atoms with Gasteiger partial charge in [0, 0.05) is 11.2 Å². The summed E-state index contributed by atoms with van der Waals surface area (Å²) >= 11 is 1.29. The van der Waals surface area contributed by atoms with Gasteiger partial charge in [0.1, 0.15) is 11.6 Å². The Labute approximate surface area is 114 Å². The van der Waals surface area contributed by atoms with Crippen molar-refractivity contribution in [1.29, 1.82) is 0 Å². The van der Waals surface area contributed by atoms with Gasteiger partial charge in [0.05, 0.1) is 5.69 Å². The van der Waals surface area contributed by atoms with E-state index >= 15 is 0 Å². The Morgan fingerprint density at radius 2 is 2.25 bits per heavy atom. The zero-order valence-corrected chi connectivity index (χ0v) is 10.9. The van der Waals surface area contributed by atoms with Crippen molar-refractivity contribution in [3.63, 3.8) is 0 Å². The molecule has 10 nitrogen and oxygen atoms in total. The van der Waals surface area contributed by atoms with Crippen LogP contribution in [0.5, 0.6) is 0 Å². The van der Waals surface area contributed by atoms with Gasteiger partial charge >= 0.3 is 5.95 Å². The molecule has 3 aromatic rings. The van der Waals surface area contributed by atoms with Crippen LogP contribution in [0.4, 0.5) is 5.95 Å². The Morgan fingerprint density at radius 1 is 1.45 bits per heavy atom. The molecular formula is C9H7N7O3S. The van der Waals surface area contributed by atoms with Crippen LogP contribution < -0.4 is 5.56 Å². The van der Waals surface area contributed by atoms with Crippen molar-refractivity contribution in [2.45, 2.75) is 13.5 Å². The molecule has 3 aromatic heterocycles. The number of nitrogens with zero attached hydrogens (tertiary/aromatic N) is 7.